The number of nitrogens with two attached hydrogens (primary N) is 1. The van der Waals surface area contributed by atoms with Crippen molar-refractivity contribution in [2.45, 2.75) is 64.6 Å². The first-order valence-electron chi connectivity index (χ1n) is 11.7. The van der Waals surface area contributed by atoms with Gasteiger partial charge in [0.2, 0.25) is 0 Å². The van der Waals surface area contributed by atoms with Gasteiger partial charge in [0.25, 0.3) is 0 Å². The van der Waals surface area contributed by atoms with E-state index < -0.39 is 18.0 Å². The fourth-order valence-electron chi connectivity index (χ4n) is 4.12. The third-order valence-electron chi connectivity index (χ3n) is 5.79. The minimum atomic E-state index is -4.35. The van der Waals surface area contributed by atoms with Crippen LogP contribution in [0.5, 0.6) is 0 Å². The lowest BCUT2D eigenvalue weighted by Crippen LogP contribution is -2.26. The summed E-state index contributed by atoms with van der Waals surface area (Å²) in [5, 5.41) is 6.29. The van der Waals surface area contributed by atoms with E-state index in [2.05, 4.69) is 15.6 Å². The van der Waals surface area contributed by atoms with Crippen molar-refractivity contribution in [2.75, 3.05) is 12.8 Å². The number of anilines is 1. The molecule has 1 aliphatic carbocycles. The van der Waals surface area contributed by atoms with E-state index in [1.807, 2.05) is 18.3 Å². The molecule has 0 amide bonds. The van der Waals surface area contributed by atoms with Crippen molar-refractivity contribution in [1.29, 1.82) is 0 Å². The lowest BCUT2D eigenvalue weighted by atomic mass is 10.0. The fraction of sp³-hybridized carbons (Fsp3) is 0.423. The van der Waals surface area contributed by atoms with Crippen LogP contribution in [0.25, 0.3) is 6.08 Å². The van der Waals surface area contributed by atoms with E-state index in [0.717, 1.165) is 48.3 Å². The highest BCUT2D eigenvalue weighted by Crippen LogP contribution is 2.34. The zero-order chi connectivity index (χ0) is 25.4. The Bertz CT molecular complexity index is 1020. The number of fused-ring (bicyclic) bond motifs is 1. The Labute approximate surface area is 204 Å². The Morgan fingerprint density at radius 3 is 2.74 bits per heavy atom. The van der Waals surface area contributed by atoms with Crippen molar-refractivity contribution in [3.8, 4) is 0 Å². The molecule has 3 aliphatic rings. The maximum Gasteiger partial charge on any atom is 0.416 e. The molecule has 2 unspecified atom stereocenters. The zero-order valence-corrected chi connectivity index (χ0v) is 20.3. The van der Waals surface area contributed by atoms with Gasteiger partial charge in [0.1, 0.15) is 11.6 Å². The van der Waals surface area contributed by atoms with Gasteiger partial charge in [-0.3, -0.25) is 0 Å². The van der Waals surface area contributed by atoms with E-state index >= 15 is 0 Å². The number of nitrogen functional groups attached to an aromatic ring is 1. The molecule has 190 valence electrons. The fourth-order valence-corrected chi connectivity index (χ4v) is 4.12. The molecular formula is C26H33F3N4O2. The molecule has 9 heteroatoms. The van der Waals surface area contributed by atoms with Crippen LogP contribution in [0.1, 0.15) is 63.3 Å². The van der Waals surface area contributed by atoms with Crippen LogP contribution in [0.2, 0.25) is 0 Å². The second-order valence-corrected chi connectivity index (χ2v) is 8.28. The predicted octanol–water partition coefficient (Wildman–Crippen LogP) is 6.00. The van der Waals surface area contributed by atoms with E-state index in [9.17, 15) is 13.2 Å². The normalized spacial score (nSPS) is 22.0. The number of rotatable bonds is 5. The van der Waals surface area contributed by atoms with Crippen LogP contribution < -0.4 is 16.4 Å². The maximum absolute atomic E-state index is 13.1. The summed E-state index contributed by atoms with van der Waals surface area (Å²) in [6, 6.07) is 1.90. The molecule has 0 saturated carbocycles. The third-order valence-corrected chi connectivity index (χ3v) is 5.79. The summed E-state index contributed by atoms with van der Waals surface area (Å²) in [6.45, 7) is 3.48. The summed E-state index contributed by atoms with van der Waals surface area (Å²) in [4.78, 5) is 4.00. The Hall–Kier alpha value is -3.20. The topological polar surface area (TPSA) is 81.4 Å². The highest BCUT2D eigenvalue weighted by atomic mass is 19.4. The van der Waals surface area contributed by atoms with E-state index in [-0.39, 0.29) is 6.23 Å². The zero-order valence-electron chi connectivity index (χ0n) is 20.3. The van der Waals surface area contributed by atoms with Crippen molar-refractivity contribution in [1.82, 2.24) is 15.6 Å². The van der Waals surface area contributed by atoms with Gasteiger partial charge in [0.05, 0.1) is 11.3 Å². The molecule has 35 heavy (non-hydrogen) atoms. The van der Waals surface area contributed by atoms with E-state index in [1.54, 1.807) is 39.3 Å². The highest BCUT2D eigenvalue weighted by molar-refractivity contribution is 5.66. The number of ether oxygens (including phenoxy) is 2. The molecule has 2 aliphatic heterocycles. The summed E-state index contributed by atoms with van der Waals surface area (Å²) in [7, 11) is 1.65. The molecule has 3 heterocycles. The van der Waals surface area contributed by atoms with Gasteiger partial charge in [-0.05, 0) is 57.0 Å². The molecule has 1 aromatic rings. The minimum Gasteiger partial charge on any atom is -0.469 e. The lowest BCUT2D eigenvalue weighted by molar-refractivity contribution is -0.0885. The number of alkyl halides is 3. The molecule has 0 fully saturated rings. The molecule has 4 rings (SSSR count). The van der Waals surface area contributed by atoms with Gasteiger partial charge in [0.15, 0.2) is 12.5 Å². The second-order valence-electron chi connectivity index (χ2n) is 8.28. The molecule has 0 radical (unpaired) electrons. The summed E-state index contributed by atoms with van der Waals surface area (Å²) in [5.41, 5.74) is 8.59. The van der Waals surface area contributed by atoms with Gasteiger partial charge in [-0.15, -0.1) is 0 Å². The number of nitrogens with zero attached hydrogens (tertiary/aromatic N) is 1. The van der Waals surface area contributed by atoms with Crippen LogP contribution in [-0.2, 0) is 9.47 Å². The summed E-state index contributed by atoms with van der Waals surface area (Å²) >= 11 is 0. The molecule has 0 bridgehead atoms. The van der Waals surface area contributed by atoms with Gasteiger partial charge in [-0.25, -0.2) is 4.98 Å². The molecule has 6 nitrogen and oxygen atoms in total. The predicted molar refractivity (Wildman–Crippen MR) is 131 cm³/mol. The quantitative estimate of drug-likeness (QED) is 0.439. The smallest absolute Gasteiger partial charge is 0.416 e. The number of hydrogen-bond acceptors (Lipinski definition) is 6. The number of nitrogens with one attached hydrogen (secondary N) is 2. The van der Waals surface area contributed by atoms with E-state index in [0.29, 0.717) is 17.8 Å². The van der Waals surface area contributed by atoms with E-state index in [4.69, 9.17) is 15.2 Å². The first-order chi connectivity index (χ1) is 16.8. The first kappa shape index (κ1) is 26.4. The molecule has 1 aromatic heterocycles. The Balaban J connectivity index is 0.000000223. The number of allylic oxidation sites excluding steroid dienone is 6. The molecule has 0 saturated heterocycles. The van der Waals surface area contributed by atoms with Crippen molar-refractivity contribution in [3.05, 3.63) is 76.5 Å². The standard InChI is InChI=1S/C17H22F3NO.C9H11N3O/c1-3-7-12(11-13(8-4-2)17(18,19)20)16-21-14-9-5-6-10-15(14)22-16;1-13-9-7-3-4-11-8(10)6(7)2-5-12-9/h3,7-8,11,16,21H,4-6,9-10H2,1-2H3;2-5,9,12H,1H3,(H2,10,11)/b7-3-,12-11+,13-8-;. The van der Waals surface area contributed by atoms with Crippen LogP contribution >= 0.6 is 0 Å². The maximum atomic E-state index is 13.1. The van der Waals surface area contributed by atoms with Gasteiger partial charge in [-0.2, -0.15) is 13.2 Å². The van der Waals surface area contributed by atoms with E-state index in [1.165, 1.54) is 12.2 Å². The van der Waals surface area contributed by atoms with Crippen molar-refractivity contribution in [2.24, 2.45) is 0 Å². The Kier molecular flexibility index (Phi) is 9.03. The summed E-state index contributed by atoms with van der Waals surface area (Å²) < 4.78 is 50.3. The highest BCUT2D eigenvalue weighted by Gasteiger charge is 2.34. The molecule has 4 N–H and O–H groups in total. The first-order valence-corrected chi connectivity index (χ1v) is 11.7. The second kappa shape index (κ2) is 12.0. The van der Waals surface area contributed by atoms with Gasteiger partial charge in [0, 0.05) is 36.4 Å². The van der Waals surface area contributed by atoms with Crippen molar-refractivity contribution < 1.29 is 22.6 Å². The van der Waals surface area contributed by atoms with Crippen LogP contribution in [0.3, 0.4) is 0 Å². The van der Waals surface area contributed by atoms with Crippen LogP contribution in [0.4, 0.5) is 19.0 Å². The number of methoxy groups -OCH3 is 1. The monoisotopic (exact) mass is 490 g/mol. The lowest BCUT2D eigenvalue weighted by Gasteiger charge is -2.22. The summed E-state index contributed by atoms with van der Waals surface area (Å²) in [6.07, 6.45) is 10.4. The minimum absolute atomic E-state index is 0.120. The Morgan fingerprint density at radius 1 is 1.31 bits per heavy atom. The van der Waals surface area contributed by atoms with Crippen molar-refractivity contribution >= 4 is 11.9 Å². The average molecular weight is 491 g/mol. The van der Waals surface area contributed by atoms with Gasteiger partial charge < -0.3 is 25.8 Å². The summed E-state index contributed by atoms with van der Waals surface area (Å²) in [5.74, 6) is 1.44. The largest absolute Gasteiger partial charge is 0.469 e. The number of hydrogen-bond donors (Lipinski definition) is 3. The SMILES string of the molecule is COC1NC=Cc2c1ccnc2N.C\C=C/C(=C\C(=C\CC)C(F)(F)F)C1NC2=C(CCCC2)O1. The molecule has 0 spiro atoms. The number of pyridine rings is 1. The molecule has 0 aromatic carbocycles. The van der Waals surface area contributed by atoms with Crippen molar-refractivity contribution in [3.63, 3.8) is 0 Å². The third kappa shape index (κ3) is 6.69. The van der Waals surface area contributed by atoms with Crippen LogP contribution in [-0.4, -0.2) is 24.5 Å². The molecule has 2 atom stereocenters. The number of aromatic nitrogens is 1. The van der Waals surface area contributed by atoms with Crippen LogP contribution in [0.15, 0.2) is 65.4 Å². The van der Waals surface area contributed by atoms with Gasteiger partial charge in [-0.1, -0.05) is 25.2 Å². The van der Waals surface area contributed by atoms with Gasteiger partial charge >= 0.3 is 6.18 Å². The average Bonchev–Trinajstić information content (AvgIpc) is 3.27. The number of halogens is 3. The molecular weight excluding hydrogens is 457 g/mol. The van der Waals surface area contributed by atoms with Crippen LogP contribution in [0, 0.1) is 0 Å². The Morgan fingerprint density at radius 2 is 2.09 bits per heavy atom.